The number of nitrogens with zero attached hydrogens (tertiary/aromatic N) is 5. The lowest BCUT2D eigenvalue weighted by molar-refractivity contribution is 0.323. The molecular weight excluding hydrogens is 408 g/mol. The van der Waals surface area contributed by atoms with Gasteiger partial charge in [-0.15, -0.1) is 11.3 Å². The van der Waals surface area contributed by atoms with E-state index in [1.165, 1.54) is 23.3 Å². The minimum Gasteiger partial charge on any atom is -0.360 e. The zero-order chi connectivity index (χ0) is 21.4. The highest BCUT2D eigenvalue weighted by atomic mass is 32.1. The molecule has 1 aliphatic heterocycles. The number of anilines is 1. The fourth-order valence-electron chi connectivity index (χ4n) is 3.99. The van der Waals surface area contributed by atoms with Crippen LogP contribution in [0.1, 0.15) is 47.9 Å². The molecule has 7 nitrogen and oxygen atoms in total. The highest BCUT2D eigenvalue weighted by molar-refractivity contribution is 7.18. The molecule has 1 atom stereocenters. The maximum Gasteiger partial charge on any atom is 0.257 e. The summed E-state index contributed by atoms with van der Waals surface area (Å²) in [5.41, 5.74) is 2.13. The molecule has 1 aromatic carbocycles. The Kier molecular flexibility index (Phi) is 5.41. The van der Waals surface area contributed by atoms with E-state index in [0.717, 1.165) is 47.1 Å². The average molecular weight is 435 g/mol. The summed E-state index contributed by atoms with van der Waals surface area (Å²) in [7, 11) is 0. The average Bonchev–Trinajstić information content (AvgIpc) is 3.51. The smallest absolute Gasteiger partial charge is 0.257 e. The molecule has 4 aromatic rings. The molecule has 1 saturated heterocycles. The van der Waals surface area contributed by atoms with E-state index in [4.69, 9.17) is 14.5 Å². The van der Waals surface area contributed by atoms with E-state index in [1.807, 2.05) is 37.3 Å². The van der Waals surface area contributed by atoms with Crippen LogP contribution in [0.15, 0.2) is 34.9 Å². The van der Waals surface area contributed by atoms with Crippen LogP contribution in [-0.4, -0.2) is 38.1 Å². The van der Waals surface area contributed by atoms with Crippen molar-refractivity contribution in [1.29, 1.82) is 0 Å². The number of hydrogen-bond donors (Lipinski definition) is 1. The molecule has 160 valence electrons. The first-order valence-electron chi connectivity index (χ1n) is 10.7. The van der Waals surface area contributed by atoms with Crippen LogP contribution in [0, 0.1) is 13.8 Å². The first-order chi connectivity index (χ1) is 15.1. The quantitative estimate of drug-likeness (QED) is 0.451. The van der Waals surface area contributed by atoms with E-state index >= 15 is 0 Å². The lowest BCUT2D eigenvalue weighted by Crippen LogP contribution is -2.20. The third-order valence-electron chi connectivity index (χ3n) is 5.84. The first kappa shape index (κ1) is 20.1. The third kappa shape index (κ3) is 4.05. The van der Waals surface area contributed by atoms with Crippen LogP contribution in [0.5, 0.6) is 0 Å². The molecule has 1 unspecified atom stereocenters. The van der Waals surface area contributed by atoms with Gasteiger partial charge in [0.25, 0.3) is 5.89 Å². The predicted octanol–water partition coefficient (Wildman–Crippen LogP) is 5.13. The Bertz CT molecular complexity index is 1200. The van der Waals surface area contributed by atoms with Crippen molar-refractivity contribution in [2.24, 2.45) is 0 Å². The third-order valence-corrected chi connectivity index (χ3v) is 6.94. The van der Waals surface area contributed by atoms with E-state index < -0.39 is 0 Å². The number of aromatic nitrogens is 4. The predicted molar refractivity (Wildman–Crippen MR) is 123 cm³/mol. The topological polar surface area (TPSA) is 80.0 Å². The van der Waals surface area contributed by atoms with Gasteiger partial charge in [-0.3, -0.25) is 4.90 Å². The van der Waals surface area contributed by atoms with Crippen LogP contribution in [0.4, 0.5) is 5.82 Å². The zero-order valence-electron chi connectivity index (χ0n) is 18.1. The lowest BCUT2D eigenvalue weighted by Gasteiger charge is -2.16. The minimum atomic E-state index is -0.154. The molecule has 4 heterocycles. The molecule has 0 spiro atoms. The molecule has 0 radical (unpaired) electrons. The van der Waals surface area contributed by atoms with Gasteiger partial charge in [-0.2, -0.15) is 4.98 Å². The summed E-state index contributed by atoms with van der Waals surface area (Å²) < 4.78 is 5.50. The number of fused-ring (bicyclic) bond motifs is 1. The van der Waals surface area contributed by atoms with Crippen molar-refractivity contribution in [2.75, 3.05) is 18.4 Å². The monoisotopic (exact) mass is 434 g/mol. The Morgan fingerprint density at radius 2 is 1.87 bits per heavy atom. The second kappa shape index (κ2) is 8.36. The van der Waals surface area contributed by atoms with Crippen LogP contribution >= 0.6 is 11.3 Å². The summed E-state index contributed by atoms with van der Waals surface area (Å²) in [6.45, 7) is 9.33. The van der Waals surface area contributed by atoms with Crippen molar-refractivity contribution in [3.63, 3.8) is 0 Å². The highest BCUT2D eigenvalue weighted by Crippen LogP contribution is 2.35. The lowest BCUT2D eigenvalue weighted by atomic mass is 10.2. The van der Waals surface area contributed by atoms with E-state index in [9.17, 15) is 0 Å². The number of likely N-dealkylation sites (tertiary alicyclic amines) is 1. The second-order valence-corrected chi connectivity index (χ2v) is 9.33. The zero-order valence-corrected chi connectivity index (χ0v) is 18.9. The number of thiophene rings is 1. The fourth-order valence-corrected chi connectivity index (χ4v) is 5.04. The van der Waals surface area contributed by atoms with Gasteiger partial charge in [0.1, 0.15) is 16.5 Å². The van der Waals surface area contributed by atoms with Crippen molar-refractivity contribution >= 4 is 27.4 Å². The molecule has 1 N–H and O–H groups in total. The van der Waals surface area contributed by atoms with Crippen molar-refractivity contribution in [3.05, 3.63) is 52.4 Å². The second-order valence-electron chi connectivity index (χ2n) is 8.12. The summed E-state index contributed by atoms with van der Waals surface area (Å²) in [4.78, 5) is 19.1. The molecular formula is C23H26N6OS. The van der Waals surface area contributed by atoms with E-state index in [-0.39, 0.29) is 6.04 Å². The molecule has 0 bridgehead atoms. The van der Waals surface area contributed by atoms with Crippen LogP contribution in [-0.2, 0) is 6.54 Å². The van der Waals surface area contributed by atoms with Gasteiger partial charge < -0.3 is 9.84 Å². The first-order valence-corrected chi connectivity index (χ1v) is 11.5. The minimum absolute atomic E-state index is 0.154. The maximum absolute atomic E-state index is 5.50. The van der Waals surface area contributed by atoms with Gasteiger partial charge in [0, 0.05) is 10.4 Å². The van der Waals surface area contributed by atoms with E-state index in [2.05, 4.69) is 34.2 Å². The molecule has 0 saturated carbocycles. The van der Waals surface area contributed by atoms with Crippen molar-refractivity contribution in [3.8, 4) is 11.5 Å². The van der Waals surface area contributed by atoms with Gasteiger partial charge in [-0.1, -0.05) is 23.4 Å². The maximum atomic E-state index is 5.50. The Morgan fingerprint density at radius 1 is 1.10 bits per heavy atom. The summed E-state index contributed by atoms with van der Waals surface area (Å²) in [5, 5.41) is 8.83. The fraction of sp³-hybridized carbons (Fsp3) is 0.391. The van der Waals surface area contributed by atoms with Gasteiger partial charge in [0.05, 0.1) is 18.0 Å². The molecule has 8 heteroatoms. The number of hydrogen-bond acceptors (Lipinski definition) is 8. The summed E-state index contributed by atoms with van der Waals surface area (Å²) >= 11 is 1.73. The van der Waals surface area contributed by atoms with Crippen molar-refractivity contribution in [2.45, 2.75) is 46.2 Å². The normalized spacial score (nSPS) is 15.6. The Labute approximate surface area is 185 Å². The Hall–Kier alpha value is -2.84. The largest absolute Gasteiger partial charge is 0.360 e. The molecule has 0 amide bonds. The van der Waals surface area contributed by atoms with E-state index in [0.29, 0.717) is 11.7 Å². The molecule has 5 rings (SSSR count). The number of nitrogens with one attached hydrogen (secondary N) is 1. The summed E-state index contributed by atoms with van der Waals surface area (Å²) in [5.74, 6) is 2.84. The van der Waals surface area contributed by atoms with Crippen LogP contribution in [0.2, 0.25) is 0 Å². The number of rotatable bonds is 6. The van der Waals surface area contributed by atoms with Crippen LogP contribution in [0.25, 0.3) is 21.7 Å². The van der Waals surface area contributed by atoms with Crippen molar-refractivity contribution in [1.82, 2.24) is 25.0 Å². The van der Waals surface area contributed by atoms with Gasteiger partial charge in [0.2, 0.25) is 0 Å². The number of aryl methyl sites for hydroxylation is 2. The standard InChI is InChI=1S/C23H26N6OS/c1-14-16(3)31-23-19(14)21(25-18(26-23)13-29-11-7-8-12-29)24-15(2)20-27-22(30-28-20)17-9-5-4-6-10-17/h4-6,9-10,15H,7-8,11-13H2,1-3H3,(H,24,25,26). The summed E-state index contributed by atoms with van der Waals surface area (Å²) in [6, 6.07) is 9.66. The molecule has 0 aliphatic carbocycles. The van der Waals surface area contributed by atoms with E-state index in [1.54, 1.807) is 11.3 Å². The number of benzene rings is 1. The highest BCUT2D eigenvalue weighted by Gasteiger charge is 2.21. The Balaban J connectivity index is 1.45. The van der Waals surface area contributed by atoms with Gasteiger partial charge in [-0.25, -0.2) is 9.97 Å². The van der Waals surface area contributed by atoms with Gasteiger partial charge >= 0.3 is 0 Å². The SMILES string of the molecule is Cc1sc2nc(CN3CCCC3)nc(NC(C)c3noc(-c4ccccc4)n3)c2c1C. The summed E-state index contributed by atoms with van der Waals surface area (Å²) in [6.07, 6.45) is 2.51. The van der Waals surface area contributed by atoms with Gasteiger partial charge in [-0.05, 0) is 64.4 Å². The Morgan fingerprint density at radius 3 is 2.65 bits per heavy atom. The van der Waals surface area contributed by atoms with Crippen LogP contribution in [0.3, 0.4) is 0 Å². The molecule has 31 heavy (non-hydrogen) atoms. The molecule has 3 aromatic heterocycles. The van der Waals surface area contributed by atoms with Crippen molar-refractivity contribution < 1.29 is 4.52 Å². The van der Waals surface area contributed by atoms with Gasteiger partial charge in [0.15, 0.2) is 5.82 Å². The van der Waals surface area contributed by atoms with Crippen LogP contribution < -0.4 is 5.32 Å². The molecule has 1 fully saturated rings. The molecule has 1 aliphatic rings.